The zero-order chi connectivity index (χ0) is 10.3. The first-order valence-electron chi connectivity index (χ1n) is 4.49. The second-order valence-electron chi connectivity index (χ2n) is 2.23. The molecule has 0 aromatic carbocycles. The van der Waals surface area contributed by atoms with Crippen LogP contribution in [0.25, 0.3) is 12.7 Å². The summed E-state index contributed by atoms with van der Waals surface area (Å²) in [5.41, 5.74) is 0. The van der Waals surface area contributed by atoms with Gasteiger partial charge in [0.15, 0.2) is 0 Å². The fourth-order valence-corrected chi connectivity index (χ4v) is 1.52. The van der Waals surface area contributed by atoms with E-state index in [0.717, 1.165) is 14.9 Å². The number of thiazole rings is 1. The van der Waals surface area contributed by atoms with Gasteiger partial charge in [-0.3, -0.25) is 0 Å². The van der Waals surface area contributed by atoms with Crippen LogP contribution in [0.1, 0.15) is 25.8 Å². The van der Waals surface area contributed by atoms with E-state index in [-0.39, 0.29) is 0 Å². The molecule has 1 aromatic rings. The standard InChI is InChI=1S/C9H11NS.C2H6/c1-4-5-6-9-7(2)11-8(3)10-9;1-2/h4-6H,2H2,1,3H3;1-2H3/b5-4-,9-6+;. The van der Waals surface area contributed by atoms with Crippen molar-refractivity contribution < 1.29 is 0 Å². The summed E-state index contributed by atoms with van der Waals surface area (Å²) < 4.78 is 1.04. The summed E-state index contributed by atoms with van der Waals surface area (Å²) in [7, 11) is 0. The summed E-state index contributed by atoms with van der Waals surface area (Å²) >= 11 is 1.63. The molecule has 0 saturated heterocycles. The van der Waals surface area contributed by atoms with Crippen LogP contribution in [0.15, 0.2) is 12.2 Å². The van der Waals surface area contributed by atoms with Crippen molar-refractivity contribution in [2.24, 2.45) is 0 Å². The molecule has 0 spiro atoms. The molecule has 1 rings (SSSR count). The summed E-state index contributed by atoms with van der Waals surface area (Å²) in [5.74, 6) is 0. The van der Waals surface area contributed by atoms with Crippen molar-refractivity contribution in [1.82, 2.24) is 4.98 Å². The van der Waals surface area contributed by atoms with Crippen molar-refractivity contribution in [1.29, 1.82) is 0 Å². The lowest BCUT2D eigenvalue weighted by molar-refractivity contribution is 1.23. The van der Waals surface area contributed by atoms with Crippen molar-refractivity contribution in [2.75, 3.05) is 0 Å². The molecule has 1 heterocycles. The van der Waals surface area contributed by atoms with E-state index < -0.39 is 0 Å². The van der Waals surface area contributed by atoms with E-state index >= 15 is 0 Å². The van der Waals surface area contributed by atoms with Gasteiger partial charge in [-0.05, 0) is 19.9 Å². The molecule has 0 aliphatic heterocycles. The molecule has 0 aliphatic rings. The highest BCUT2D eigenvalue weighted by molar-refractivity contribution is 7.09. The molecule has 0 amide bonds. The lowest BCUT2D eigenvalue weighted by atomic mass is 10.4. The Bertz CT molecular complexity index is 360. The van der Waals surface area contributed by atoms with Gasteiger partial charge in [-0.25, -0.2) is 4.98 Å². The quantitative estimate of drug-likeness (QED) is 0.670. The third-order valence-electron chi connectivity index (χ3n) is 1.28. The van der Waals surface area contributed by atoms with Crippen LogP contribution in [0.4, 0.5) is 0 Å². The molecular weight excluding hydrogens is 178 g/mol. The Balaban J connectivity index is 0.000000671. The topological polar surface area (TPSA) is 12.9 Å². The van der Waals surface area contributed by atoms with Crippen molar-refractivity contribution in [3.63, 3.8) is 0 Å². The summed E-state index contributed by atoms with van der Waals surface area (Å²) in [6, 6.07) is 0. The summed E-state index contributed by atoms with van der Waals surface area (Å²) in [4.78, 5) is 4.30. The Kier molecular flexibility index (Phi) is 6.15. The van der Waals surface area contributed by atoms with Crippen LogP contribution in [0.2, 0.25) is 0 Å². The highest BCUT2D eigenvalue weighted by atomic mass is 32.1. The van der Waals surface area contributed by atoms with Crippen molar-refractivity contribution in [2.45, 2.75) is 27.7 Å². The van der Waals surface area contributed by atoms with Gasteiger partial charge in [0.05, 0.1) is 10.4 Å². The minimum absolute atomic E-state index is 0.991. The van der Waals surface area contributed by atoms with Gasteiger partial charge < -0.3 is 0 Å². The van der Waals surface area contributed by atoms with Crippen LogP contribution in [0.3, 0.4) is 0 Å². The first-order valence-corrected chi connectivity index (χ1v) is 5.31. The first kappa shape index (κ1) is 12.1. The van der Waals surface area contributed by atoms with E-state index in [1.165, 1.54) is 0 Å². The molecule has 0 radical (unpaired) electrons. The van der Waals surface area contributed by atoms with Crippen molar-refractivity contribution in [3.8, 4) is 0 Å². The second kappa shape index (κ2) is 6.61. The van der Waals surface area contributed by atoms with E-state index in [1.807, 2.05) is 45.9 Å². The molecule has 0 aliphatic carbocycles. The van der Waals surface area contributed by atoms with Crippen molar-refractivity contribution in [3.05, 3.63) is 27.0 Å². The Labute approximate surface area is 84.1 Å². The fourth-order valence-electron chi connectivity index (χ4n) is 0.803. The van der Waals surface area contributed by atoms with Crippen LogP contribution in [-0.2, 0) is 0 Å². The van der Waals surface area contributed by atoms with Gasteiger partial charge in [-0.1, -0.05) is 32.6 Å². The van der Waals surface area contributed by atoms with Gasteiger partial charge in [0, 0.05) is 4.53 Å². The highest BCUT2D eigenvalue weighted by Gasteiger charge is 1.88. The molecule has 1 aromatic heterocycles. The van der Waals surface area contributed by atoms with Gasteiger partial charge in [0.25, 0.3) is 0 Å². The maximum absolute atomic E-state index is 4.30. The molecule has 0 N–H and O–H groups in total. The van der Waals surface area contributed by atoms with Crippen LogP contribution in [-0.4, -0.2) is 4.98 Å². The van der Waals surface area contributed by atoms with E-state index in [4.69, 9.17) is 0 Å². The Morgan fingerprint density at radius 2 is 2.00 bits per heavy atom. The molecule has 13 heavy (non-hydrogen) atoms. The summed E-state index contributed by atoms with van der Waals surface area (Å²) in [5, 5.41) is 2.07. The maximum atomic E-state index is 4.30. The largest absolute Gasteiger partial charge is 0.242 e. The van der Waals surface area contributed by atoms with Crippen LogP contribution < -0.4 is 9.88 Å². The third-order valence-corrected chi connectivity index (χ3v) is 2.12. The molecule has 2 heteroatoms. The first-order chi connectivity index (χ1) is 6.24. The van der Waals surface area contributed by atoms with Gasteiger partial charge in [0.2, 0.25) is 0 Å². The number of hydrogen-bond donors (Lipinski definition) is 0. The van der Waals surface area contributed by atoms with Crippen LogP contribution in [0, 0.1) is 6.92 Å². The van der Waals surface area contributed by atoms with Crippen LogP contribution in [0.5, 0.6) is 0 Å². The van der Waals surface area contributed by atoms with E-state index in [0.29, 0.717) is 0 Å². The number of allylic oxidation sites excluding steroid dienone is 2. The summed E-state index contributed by atoms with van der Waals surface area (Å²) in [6.07, 6.45) is 5.93. The lowest BCUT2D eigenvalue weighted by Gasteiger charge is -1.71. The minimum Gasteiger partial charge on any atom is -0.242 e. The number of aryl methyl sites for hydroxylation is 1. The third kappa shape index (κ3) is 4.04. The highest BCUT2D eigenvalue weighted by Crippen LogP contribution is 1.88. The molecule has 0 fully saturated rings. The van der Waals surface area contributed by atoms with E-state index in [2.05, 4.69) is 11.6 Å². The monoisotopic (exact) mass is 195 g/mol. The number of rotatable bonds is 1. The SMILES string of the molecule is C=c1sc(C)n/c1=C/C=C\C.CC. The average molecular weight is 195 g/mol. The van der Waals surface area contributed by atoms with Gasteiger partial charge in [-0.2, -0.15) is 0 Å². The van der Waals surface area contributed by atoms with E-state index in [9.17, 15) is 0 Å². The van der Waals surface area contributed by atoms with Crippen LogP contribution >= 0.6 is 11.3 Å². The second-order valence-corrected chi connectivity index (χ2v) is 3.52. The molecule has 0 saturated carbocycles. The smallest absolute Gasteiger partial charge is 0.0907 e. The number of nitrogens with zero attached hydrogens (tertiary/aromatic N) is 1. The number of hydrogen-bond acceptors (Lipinski definition) is 2. The Morgan fingerprint density at radius 1 is 1.38 bits per heavy atom. The normalized spacial score (nSPS) is 11.5. The molecule has 0 atom stereocenters. The Morgan fingerprint density at radius 3 is 2.38 bits per heavy atom. The molecule has 72 valence electrons. The van der Waals surface area contributed by atoms with Gasteiger partial charge >= 0.3 is 0 Å². The molecule has 0 unspecified atom stereocenters. The maximum Gasteiger partial charge on any atom is 0.0907 e. The molecule has 0 bridgehead atoms. The van der Waals surface area contributed by atoms with E-state index in [1.54, 1.807) is 11.3 Å². The zero-order valence-electron chi connectivity index (χ0n) is 8.79. The number of aromatic nitrogens is 1. The van der Waals surface area contributed by atoms with Crippen molar-refractivity contribution >= 4 is 24.0 Å². The molecule has 1 nitrogen and oxygen atoms in total. The van der Waals surface area contributed by atoms with Gasteiger partial charge in [-0.15, -0.1) is 11.3 Å². The summed E-state index contributed by atoms with van der Waals surface area (Å²) in [6.45, 7) is 11.9. The van der Waals surface area contributed by atoms with Gasteiger partial charge in [0.1, 0.15) is 0 Å². The Hall–Kier alpha value is -0.890. The molecular formula is C11H17NS. The lowest BCUT2D eigenvalue weighted by Crippen LogP contribution is -2.18. The minimum atomic E-state index is 0.991. The predicted octanol–water partition coefficient (Wildman–Crippen LogP) is 2.24. The zero-order valence-corrected chi connectivity index (χ0v) is 9.61. The fraction of sp³-hybridized carbons (Fsp3) is 0.364. The average Bonchev–Trinajstić information content (AvgIpc) is 2.45. The predicted molar refractivity (Wildman–Crippen MR) is 62.3 cm³/mol.